The van der Waals surface area contributed by atoms with Crippen LogP contribution < -0.4 is 0 Å². The van der Waals surface area contributed by atoms with Crippen LogP contribution >= 0.6 is 0 Å². The van der Waals surface area contributed by atoms with E-state index in [1.165, 1.54) is 12.1 Å². The summed E-state index contributed by atoms with van der Waals surface area (Å²) in [4.78, 5) is 4.35. The Balaban J connectivity index is 2.49. The fourth-order valence-corrected chi connectivity index (χ4v) is 1.18. The highest BCUT2D eigenvalue weighted by atomic mass is 14.8. The second-order valence-corrected chi connectivity index (χ2v) is 2.42. The van der Waals surface area contributed by atoms with Crippen LogP contribution in [0, 0.1) is 5.92 Å². The third kappa shape index (κ3) is 0.908. The van der Waals surface area contributed by atoms with Gasteiger partial charge in [0.25, 0.3) is 0 Å². The summed E-state index contributed by atoms with van der Waals surface area (Å²) in [5.74, 6) is 0.778. The maximum absolute atomic E-state index is 4.35. The molecule has 0 saturated carbocycles. The summed E-state index contributed by atoms with van der Waals surface area (Å²) in [7, 11) is 0. The monoisotopic (exact) mass is 111 g/mol. The number of rotatable bonds is 1. The second kappa shape index (κ2) is 2.29. The SMILES string of the molecule is CCC1=NCCC1C. The zero-order chi connectivity index (χ0) is 5.98. The zero-order valence-electron chi connectivity index (χ0n) is 5.65. The lowest BCUT2D eigenvalue weighted by atomic mass is 10.0. The molecule has 1 aliphatic rings. The Morgan fingerprint density at radius 1 is 1.75 bits per heavy atom. The first-order chi connectivity index (χ1) is 3.84. The van der Waals surface area contributed by atoms with E-state index in [4.69, 9.17) is 0 Å². The molecule has 0 N–H and O–H groups in total. The summed E-state index contributed by atoms with van der Waals surface area (Å²) in [6.07, 6.45) is 2.43. The standard InChI is InChI=1S/C7H13N/c1-3-7-6(2)4-5-8-7/h6H,3-5H2,1-2H3. The zero-order valence-corrected chi connectivity index (χ0v) is 5.65. The predicted molar refractivity (Wildman–Crippen MR) is 36.4 cm³/mol. The van der Waals surface area contributed by atoms with Gasteiger partial charge in [-0.3, -0.25) is 4.99 Å². The normalized spacial score (nSPS) is 28.2. The lowest BCUT2D eigenvalue weighted by Gasteiger charge is -2.00. The van der Waals surface area contributed by atoms with E-state index in [-0.39, 0.29) is 0 Å². The maximum atomic E-state index is 4.35. The molecule has 0 spiro atoms. The maximum Gasteiger partial charge on any atom is 0.0394 e. The van der Waals surface area contributed by atoms with E-state index in [1.807, 2.05) is 0 Å². The third-order valence-electron chi connectivity index (χ3n) is 1.81. The number of aliphatic imine (C=N–C) groups is 1. The van der Waals surface area contributed by atoms with Crippen molar-refractivity contribution in [2.45, 2.75) is 26.7 Å². The minimum absolute atomic E-state index is 0.778. The van der Waals surface area contributed by atoms with Crippen LogP contribution in [0.25, 0.3) is 0 Å². The second-order valence-electron chi connectivity index (χ2n) is 2.42. The Bertz CT molecular complexity index is 105. The number of hydrogen-bond acceptors (Lipinski definition) is 1. The Kier molecular flexibility index (Phi) is 1.66. The molecule has 0 fully saturated rings. The highest BCUT2D eigenvalue weighted by Crippen LogP contribution is 2.14. The van der Waals surface area contributed by atoms with E-state index in [1.54, 1.807) is 0 Å². The highest BCUT2D eigenvalue weighted by Gasteiger charge is 2.12. The van der Waals surface area contributed by atoms with E-state index < -0.39 is 0 Å². The summed E-state index contributed by atoms with van der Waals surface area (Å²) in [5.41, 5.74) is 1.42. The third-order valence-corrected chi connectivity index (χ3v) is 1.81. The summed E-state index contributed by atoms with van der Waals surface area (Å²) in [6.45, 7) is 5.51. The number of hydrogen-bond donors (Lipinski definition) is 0. The van der Waals surface area contributed by atoms with Gasteiger partial charge in [-0.05, 0) is 18.8 Å². The summed E-state index contributed by atoms with van der Waals surface area (Å²) in [5, 5.41) is 0. The molecular weight excluding hydrogens is 98.1 g/mol. The van der Waals surface area contributed by atoms with Crippen molar-refractivity contribution in [3.63, 3.8) is 0 Å². The van der Waals surface area contributed by atoms with Crippen LogP contribution in [0.4, 0.5) is 0 Å². The van der Waals surface area contributed by atoms with E-state index in [0.29, 0.717) is 0 Å². The Labute approximate surface area is 50.8 Å². The van der Waals surface area contributed by atoms with Crippen molar-refractivity contribution in [3.8, 4) is 0 Å². The molecule has 0 aliphatic carbocycles. The van der Waals surface area contributed by atoms with Gasteiger partial charge >= 0.3 is 0 Å². The molecule has 1 atom stereocenters. The largest absolute Gasteiger partial charge is 0.294 e. The fourth-order valence-electron chi connectivity index (χ4n) is 1.18. The van der Waals surface area contributed by atoms with E-state index in [0.717, 1.165) is 18.9 Å². The van der Waals surface area contributed by atoms with Gasteiger partial charge in [0, 0.05) is 12.3 Å². The van der Waals surface area contributed by atoms with E-state index in [2.05, 4.69) is 18.8 Å². The van der Waals surface area contributed by atoms with Crippen LogP contribution in [0.3, 0.4) is 0 Å². The molecule has 0 amide bonds. The van der Waals surface area contributed by atoms with Crippen LogP contribution in [0.5, 0.6) is 0 Å². The van der Waals surface area contributed by atoms with Crippen LogP contribution in [-0.2, 0) is 0 Å². The Morgan fingerprint density at radius 3 is 2.75 bits per heavy atom. The first-order valence-corrected chi connectivity index (χ1v) is 3.37. The Morgan fingerprint density at radius 2 is 2.50 bits per heavy atom. The minimum Gasteiger partial charge on any atom is -0.294 e. The molecule has 46 valence electrons. The van der Waals surface area contributed by atoms with Crippen molar-refractivity contribution < 1.29 is 0 Å². The quantitative estimate of drug-likeness (QED) is 0.490. The van der Waals surface area contributed by atoms with E-state index >= 15 is 0 Å². The summed E-state index contributed by atoms with van der Waals surface area (Å²) < 4.78 is 0. The van der Waals surface area contributed by atoms with Crippen molar-refractivity contribution in [2.75, 3.05) is 6.54 Å². The average Bonchev–Trinajstić information content (AvgIpc) is 2.14. The molecule has 1 aliphatic heterocycles. The molecule has 1 unspecified atom stereocenters. The molecule has 0 saturated heterocycles. The van der Waals surface area contributed by atoms with Gasteiger partial charge in [0.1, 0.15) is 0 Å². The van der Waals surface area contributed by atoms with Crippen molar-refractivity contribution in [3.05, 3.63) is 0 Å². The molecule has 0 aromatic rings. The van der Waals surface area contributed by atoms with E-state index in [9.17, 15) is 0 Å². The molecular formula is C7H13N. The van der Waals surface area contributed by atoms with Crippen molar-refractivity contribution in [1.29, 1.82) is 0 Å². The predicted octanol–water partition coefficient (Wildman–Crippen LogP) is 1.88. The fraction of sp³-hybridized carbons (Fsp3) is 0.857. The lowest BCUT2D eigenvalue weighted by Crippen LogP contribution is -2.02. The molecule has 8 heavy (non-hydrogen) atoms. The smallest absolute Gasteiger partial charge is 0.0394 e. The molecule has 1 heteroatoms. The highest BCUT2D eigenvalue weighted by molar-refractivity contribution is 5.87. The molecule has 0 aromatic carbocycles. The van der Waals surface area contributed by atoms with Crippen molar-refractivity contribution in [2.24, 2.45) is 10.9 Å². The summed E-state index contributed by atoms with van der Waals surface area (Å²) in [6, 6.07) is 0. The van der Waals surface area contributed by atoms with Gasteiger partial charge in [-0.2, -0.15) is 0 Å². The lowest BCUT2D eigenvalue weighted by molar-refractivity contribution is 0.742. The van der Waals surface area contributed by atoms with Crippen LogP contribution in [0.2, 0.25) is 0 Å². The van der Waals surface area contributed by atoms with Crippen LogP contribution in [0.15, 0.2) is 4.99 Å². The van der Waals surface area contributed by atoms with Gasteiger partial charge in [0.2, 0.25) is 0 Å². The van der Waals surface area contributed by atoms with Gasteiger partial charge in [0.05, 0.1) is 0 Å². The Hall–Kier alpha value is -0.330. The molecule has 1 rings (SSSR count). The first-order valence-electron chi connectivity index (χ1n) is 3.37. The molecule has 0 aromatic heterocycles. The van der Waals surface area contributed by atoms with Crippen molar-refractivity contribution in [1.82, 2.24) is 0 Å². The van der Waals surface area contributed by atoms with Gasteiger partial charge < -0.3 is 0 Å². The number of nitrogens with zero attached hydrogens (tertiary/aromatic N) is 1. The molecule has 1 heterocycles. The van der Waals surface area contributed by atoms with Gasteiger partial charge in [0.15, 0.2) is 0 Å². The molecule has 0 radical (unpaired) electrons. The minimum atomic E-state index is 0.778. The molecule has 0 bridgehead atoms. The first kappa shape index (κ1) is 5.80. The average molecular weight is 111 g/mol. The van der Waals surface area contributed by atoms with Gasteiger partial charge in [-0.25, -0.2) is 0 Å². The summed E-state index contributed by atoms with van der Waals surface area (Å²) >= 11 is 0. The van der Waals surface area contributed by atoms with Crippen LogP contribution in [0.1, 0.15) is 26.7 Å². The molecule has 1 nitrogen and oxygen atoms in total. The van der Waals surface area contributed by atoms with Crippen molar-refractivity contribution >= 4 is 5.71 Å². The van der Waals surface area contributed by atoms with Gasteiger partial charge in [-0.15, -0.1) is 0 Å². The van der Waals surface area contributed by atoms with Crippen LogP contribution in [-0.4, -0.2) is 12.3 Å². The van der Waals surface area contributed by atoms with Gasteiger partial charge in [-0.1, -0.05) is 13.8 Å². The topological polar surface area (TPSA) is 12.4 Å².